The Kier molecular flexibility index (Phi) is 3.01. The van der Waals surface area contributed by atoms with Crippen molar-refractivity contribution in [2.75, 3.05) is 6.61 Å². The number of aromatic nitrogens is 2. The molecule has 0 aliphatic carbocycles. The van der Waals surface area contributed by atoms with E-state index in [-0.39, 0.29) is 0 Å². The summed E-state index contributed by atoms with van der Waals surface area (Å²) in [6.07, 6.45) is -1.87. The van der Waals surface area contributed by atoms with Crippen molar-refractivity contribution < 1.29 is 20.1 Å². The monoisotopic (exact) mass is 228 g/mol. The zero-order valence-corrected chi connectivity index (χ0v) is 8.30. The molecule has 1 aliphatic rings. The summed E-state index contributed by atoms with van der Waals surface area (Å²) in [5, 5.41) is 28.1. The minimum Gasteiger partial charge on any atom is -0.394 e. The zero-order chi connectivity index (χ0) is 11.7. The van der Waals surface area contributed by atoms with Crippen LogP contribution >= 0.6 is 0 Å². The number of nitrogens with zero attached hydrogens (tertiary/aromatic N) is 2. The van der Waals surface area contributed by atoms with Gasteiger partial charge >= 0.3 is 0 Å². The van der Waals surface area contributed by atoms with Crippen molar-refractivity contribution in [1.29, 1.82) is 0 Å². The molecule has 0 bridgehead atoms. The highest BCUT2D eigenvalue weighted by molar-refractivity contribution is 4.92. The third kappa shape index (κ3) is 1.74. The SMILES string of the molecule is O=c1ccncn1[C@@H]1O[C@@H](CO)[C@@H](O)[C@H]1O. The lowest BCUT2D eigenvalue weighted by molar-refractivity contribution is -0.0548. The highest BCUT2D eigenvalue weighted by atomic mass is 16.6. The van der Waals surface area contributed by atoms with Crippen molar-refractivity contribution in [3.8, 4) is 0 Å². The van der Waals surface area contributed by atoms with E-state index in [1.807, 2.05) is 0 Å². The lowest BCUT2D eigenvalue weighted by Gasteiger charge is -2.16. The van der Waals surface area contributed by atoms with Gasteiger partial charge in [0, 0.05) is 12.3 Å². The van der Waals surface area contributed by atoms with Crippen LogP contribution in [0, 0.1) is 0 Å². The topological polar surface area (TPSA) is 105 Å². The lowest BCUT2D eigenvalue weighted by atomic mass is 10.1. The quantitative estimate of drug-likeness (QED) is 0.533. The van der Waals surface area contributed by atoms with Gasteiger partial charge in [-0.1, -0.05) is 0 Å². The maximum absolute atomic E-state index is 11.4. The molecule has 3 N–H and O–H groups in total. The molecule has 1 aromatic rings. The van der Waals surface area contributed by atoms with Gasteiger partial charge < -0.3 is 20.1 Å². The van der Waals surface area contributed by atoms with Gasteiger partial charge in [-0.15, -0.1) is 0 Å². The Labute approximate surface area is 90.6 Å². The minimum absolute atomic E-state index is 0.398. The summed E-state index contributed by atoms with van der Waals surface area (Å²) in [6.45, 7) is -0.427. The normalized spacial score (nSPS) is 34.2. The fourth-order valence-electron chi connectivity index (χ4n) is 1.66. The van der Waals surface area contributed by atoms with Crippen LogP contribution in [0.4, 0.5) is 0 Å². The maximum atomic E-state index is 11.4. The predicted octanol–water partition coefficient (Wildman–Crippen LogP) is -2.15. The van der Waals surface area contributed by atoms with Crippen molar-refractivity contribution in [2.45, 2.75) is 24.5 Å². The van der Waals surface area contributed by atoms with E-state index in [1.165, 1.54) is 18.6 Å². The van der Waals surface area contributed by atoms with Gasteiger partial charge in [0.2, 0.25) is 0 Å². The Morgan fingerprint density at radius 1 is 1.44 bits per heavy atom. The van der Waals surface area contributed by atoms with E-state index >= 15 is 0 Å². The summed E-state index contributed by atoms with van der Waals surface area (Å²) in [5.74, 6) is 0. The van der Waals surface area contributed by atoms with Gasteiger partial charge in [-0.3, -0.25) is 9.36 Å². The summed E-state index contributed by atoms with van der Waals surface area (Å²) in [7, 11) is 0. The third-order valence-electron chi connectivity index (χ3n) is 2.54. The zero-order valence-electron chi connectivity index (χ0n) is 8.30. The van der Waals surface area contributed by atoms with Crippen LogP contribution in [0.2, 0.25) is 0 Å². The molecule has 1 saturated heterocycles. The molecule has 7 nitrogen and oxygen atoms in total. The number of aliphatic hydroxyl groups is 3. The smallest absolute Gasteiger partial charge is 0.255 e. The molecule has 2 heterocycles. The van der Waals surface area contributed by atoms with E-state index in [4.69, 9.17) is 9.84 Å². The Hall–Kier alpha value is -1.28. The van der Waals surface area contributed by atoms with Gasteiger partial charge in [-0.25, -0.2) is 4.98 Å². The van der Waals surface area contributed by atoms with Gasteiger partial charge in [-0.05, 0) is 0 Å². The molecule has 1 aliphatic heterocycles. The standard InChI is InChI=1S/C9H12N2O5/c12-3-5-7(14)8(15)9(16-5)11-4-10-2-1-6(11)13/h1-2,4-5,7-9,12,14-15H,3H2/t5-,7+,8+,9+/m0/s1. The molecular formula is C9H12N2O5. The number of aliphatic hydroxyl groups excluding tert-OH is 3. The molecule has 0 aromatic carbocycles. The van der Waals surface area contributed by atoms with Crippen molar-refractivity contribution in [2.24, 2.45) is 0 Å². The Bertz CT molecular complexity index is 420. The summed E-state index contributed by atoms with van der Waals surface area (Å²) in [4.78, 5) is 15.2. The van der Waals surface area contributed by atoms with Crippen molar-refractivity contribution in [1.82, 2.24) is 9.55 Å². The second kappa shape index (κ2) is 4.30. The molecule has 16 heavy (non-hydrogen) atoms. The highest BCUT2D eigenvalue weighted by Gasteiger charge is 2.43. The molecule has 88 valence electrons. The average Bonchev–Trinajstić information content (AvgIpc) is 2.57. The van der Waals surface area contributed by atoms with Gasteiger partial charge in [-0.2, -0.15) is 0 Å². The maximum Gasteiger partial charge on any atom is 0.255 e. The van der Waals surface area contributed by atoms with Crippen LogP contribution in [0.5, 0.6) is 0 Å². The average molecular weight is 228 g/mol. The largest absolute Gasteiger partial charge is 0.394 e. The van der Waals surface area contributed by atoms with Crippen LogP contribution < -0.4 is 5.56 Å². The second-order valence-electron chi connectivity index (χ2n) is 3.55. The van der Waals surface area contributed by atoms with E-state index in [1.54, 1.807) is 0 Å². The fraction of sp³-hybridized carbons (Fsp3) is 0.556. The van der Waals surface area contributed by atoms with E-state index in [0.717, 1.165) is 4.57 Å². The summed E-state index contributed by atoms with van der Waals surface area (Å²) in [6, 6.07) is 1.22. The summed E-state index contributed by atoms with van der Waals surface area (Å²) < 4.78 is 6.25. The number of hydrogen-bond acceptors (Lipinski definition) is 6. The van der Waals surface area contributed by atoms with Crippen LogP contribution in [-0.2, 0) is 4.74 Å². The van der Waals surface area contributed by atoms with Crippen LogP contribution in [0.1, 0.15) is 6.23 Å². The van der Waals surface area contributed by atoms with Gasteiger partial charge in [0.05, 0.1) is 12.9 Å². The number of rotatable bonds is 2. The molecule has 1 fully saturated rings. The fourth-order valence-corrected chi connectivity index (χ4v) is 1.66. The first-order valence-electron chi connectivity index (χ1n) is 4.79. The third-order valence-corrected chi connectivity index (χ3v) is 2.54. The molecule has 1 aromatic heterocycles. The van der Waals surface area contributed by atoms with Crippen LogP contribution in [0.3, 0.4) is 0 Å². The van der Waals surface area contributed by atoms with Gasteiger partial charge in [0.15, 0.2) is 6.23 Å². The lowest BCUT2D eigenvalue weighted by Crippen LogP contribution is -2.35. The Balaban J connectivity index is 2.30. The van der Waals surface area contributed by atoms with Crippen molar-refractivity contribution >= 4 is 0 Å². The summed E-state index contributed by atoms with van der Waals surface area (Å²) >= 11 is 0. The van der Waals surface area contributed by atoms with Crippen LogP contribution in [-0.4, -0.2) is 49.8 Å². The minimum atomic E-state index is -1.26. The predicted molar refractivity (Wildman–Crippen MR) is 51.5 cm³/mol. The highest BCUT2D eigenvalue weighted by Crippen LogP contribution is 2.27. The van der Waals surface area contributed by atoms with Crippen LogP contribution in [0.15, 0.2) is 23.4 Å². The molecule has 0 amide bonds. The molecule has 0 saturated carbocycles. The number of ether oxygens (including phenoxy) is 1. The summed E-state index contributed by atoms with van der Waals surface area (Å²) in [5.41, 5.74) is -0.398. The van der Waals surface area contributed by atoms with E-state index in [9.17, 15) is 15.0 Å². The molecule has 2 rings (SSSR count). The molecule has 0 radical (unpaired) electrons. The van der Waals surface area contributed by atoms with Gasteiger partial charge in [0.25, 0.3) is 5.56 Å². The number of hydrogen-bond donors (Lipinski definition) is 3. The first kappa shape index (κ1) is 11.2. The molecular weight excluding hydrogens is 216 g/mol. The van der Waals surface area contributed by atoms with E-state index in [0.29, 0.717) is 0 Å². The van der Waals surface area contributed by atoms with Crippen LogP contribution in [0.25, 0.3) is 0 Å². The Morgan fingerprint density at radius 3 is 2.75 bits per heavy atom. The molecule has 7 heteroatoms. The van der Waals surface area contributed by atoms with Crippen molar-refractivity contribution in [3.05, 3.63) is 28.9 Å². The first-order valence-corrected chi connectivity index (χ1v) is 4.79. The van der Waals surface area contributed by atoms with Crippen molar-refractivity contribution in [3.63, 3.8) is 0 Å². The molecule has 0 spiro atoms. The van der Waals surface area contributed by atoms with E-state index < -0.39 is 36.7 Å². The van der Waals surface area contributed by atoms with E-state index in [2.05, 4.69) is 4.98 Å². The molecule has 0 unspecified atom stereocenters. The second-order valence-corrected chi connectivity index (χ2v) is 3.55. The van der Waals surface area contributed by atoms with Gasteiger partial charge in [0.1, 0.15) is 18.3 Å². The Morgan fingerprint density at radius 2 is 2.19 bits per heavy atom. The first-order chi connectivity index (χ1) is 7.65. The molecule has 4 atom stereocenters.